The molecule has 0 bridgehead atoms. The van der Waals surface area contributed by atoms with Crippen molar-refractivity contribution < 1.29 is 90.4 Å². The molecule has 0 saturated carbocycles. The standard InChI is InChI=1S/CH2O3.CH4.HI.K/c2-1(3)4;;;/h(H2,2,3,4);1H4;1H;/q;;;+1/p-1. The fraction of sp³-hybridized carbons (Fsp3) is 0.500. The van der Waals surface area contributed by atoms with Crippen LogP contribution in [0, 0.1) is 0 Å². The zero-order valence-corrected chi connectivity index (χ0v) is 8.46. The first-order valence-electron chi connectivity index (χ1n) is 0.651. The van der Waals surface area contributed by atoms with Crippen molar-refractivity contribution in [2.24, 2.45) is 0 Å². The topological polar surface area (TPSA) is 57.5 Å². The number of hydrogen-bond donors (Lipinski definition) is 2. The Kier molecular flexibility index (Phi) is 52.4. The van der Waals surface area contributed by atoms with E-state index in [0.29, 0.717) is 0 Å². The molecule has 0 atom stereocenters. The van der Waals surface area contributed by atoms with E-state index in [1.54, 1.807) is 0 Å². The van der Waals surface area contributed by atoms with Gasteiger partial charge in [-0.2, -0.15) is 0 Å². The second-order valence-electron chi connectivity index (χ2n) is 0.283. The molecule has 0 saturated heterocycles. The third-order valence-corrected chi connectivity index (χ3v) is 0. The Hall–Kier alpha value is 1.64. The third kappa shape index (κ3) is 90.6. The summed E-state index contributed by atoms with van der Waals surface area (Å²) in [6, 6.07) is 0. The van der Waals surface area contributed by atoms with Gasteiger partial charge in [-0.3, -0.25) is 0 Å². The van der Waals surface area contributed by atoms with Crippen LogP contribution in [0.15, 0.2) is 0 Å². The molecule has 0 rings (SSSR count). The second-order valence-corrected chi connectivity index (χ2v) is 0.283. The van der Waals surface area contributed by atoms with Crippen LogP contribution in [-0.4, -0.2) is 16.4 Å². The Bertz CT molecular complexity index is 35.9. The molecule has 3 nitrogen and oxygen atoms in total. The molecular weight excluding hydrogens is 238 g/mol. The molecule has 0 aromatic carbocycles. The molecule has 0 aromatic heterocycles. The zero-order chi connectivity index (χ0) is 3.58. The van der Waals surface area contributed by atoms with Gasteiger partial charge in [0.15, 0.2) is 0 Å². The van der Waals surface area contributed by atoms with E-state index in [4.69, 9.17) is 15.0 Å². The fourth-order valence-electron chi connectivity index (χ4n) is 0. The molecule has 0 heterocycles. The Morgan fingerprint density at radius 3 is 1.29 bits per heavy atom. The molecule has 40 valence electrons. The SMILES string of the molecule is C.O=C(O)O.[I-].[K+]. The van der Waals surface area contributed by atoms with Gasteiger partial charge in [0, 0.05) is 0 Å². The van der Waals surface area contributed by atoms with Gasteiger partial charge in [-0.1, -0.05) is 7.43 Å². The molecule has 0 radical (unpaired) electrons. The van der Waals surface area contributed by atoms with Crippen molar-refractivity contribution in [2.45, 2.75) is 7.43 Å². The van der Waals surface area contributed by atoms with Crippen LogP contribution < -0.4 is 75.4 Å². The molecule has 0 aliphatic carbocycles. The fourth-order valence-corrected chi connectivity index (χ4v) is 0. The average molecular weight is 244 g/mol. The maximum absolute atomic E-state index is 8.56. The Morgan fingerprint density at radius 2 is 1.29 bits per heavy atom. The molecule has 0 spiro atoms. The molecule has 0 aromatic rings. The van der Waals surface area contributed by atoms with Gasteiger partial charge in [0.05, 0.1) is 0 Å². The van der Waals surface area contributed by atoms with Crippen LogP contribution in [0.2, 0.25) is 0 Å². The van der Waals surface area contributed by atoms with E-state index in [-0.39, 0.29) is 82.8 Å². The first-order valence-corrected chi connectivity index (χ1v) is 0.651. The van der Waals surface area contributed by atoms with Crippen molar-refractivity contribution in [1.29, 1.82) is 0 Å². The number of carbonyl (C=O) groups is 1. The van der Waals surface area contributed by atoms with Crippen molar-refractivity contribution in [3.05, 3.63) is 0 Å². The van der Waals surface area contributed by atoms with Crippen LogP contribution in [0.1, 0.15) is 7.43 Å². The summed E-state index contributed by atoms with van der Waals surface area (Å²) in [4.78, 5) is 8.56. The molecule has 0 unspecified atom stereocenters. The van der Waals surface area contributed by atoms with Crippen molar-refractivity contribution in [3.63, 3.8) is 0 Å². The van der Waals surface area contributed by atoms with Crippen molar-refractivity contribution >= 4 is 6.16 Å². The van der Waals surface area contributed by atoms with Gasteiger partial charge in [0.1, 0.15) is 0 Å². The smallest absolute Gasteiger partial charge is 1.00 e. The van der Waals surface area contributed by atoms with E-state index in [0.717, 1.165) is 0 Å². The maximum atomic E-state index is 8.56. The van der Waals surface area contributed by atoms with Crippen LogP contribution >= 0.6 is 0 Å². The van der Waals surface area contributed by atoms with Crippen LogP contribution in [0.3, 0.4) is 0 Å². The van der Waals surface area contributed by atoms with E-state index in [1.807, 2.05) is 0 Å². The first kappa shape index (κ1) is 23.4. The van der Waals surface area contributed by atoms with Crippen LogP contribution in [0.4, 0.5) is 4.79 Å². The Balaban J connectivity index is -0.0000000150. The summed E-state index contributed by atoms with van der Waals surface area (Å²) < 4.78 is 0. The molecule has 7 heavy (non-hydrogen) atoms. The maximum Gasteiger partial charge on any atom is 1.00 e. The molecule has 0 amide bonds. The van der Waals surface area contributed by atoms with Crippen LogP contribution in [-0.2, 0) is 0 Å². The van der Waals surface area contributed by atoms with Crippen molar-refractivity contribution in [1.82, 2.24) is 0 Å². The van der Waals surface area contributed by atoms with Gasteiger partial charge in [-0.15, -0.1) is 0 Å². The summed E-state index contributed by atoms with van der Waals surface area (Å²) in [7, 11) is 0. The Labute approximate surface area is 102 Å². The number of halogens is 1. The minimum Gasteiger partial charge on any atom is -1.00 e. The summed E-state index contributed by atoms with van der Waals surface area (Å²) in [5.41, 5.74) is 0. The summed E-state index contributed by atoms with van der Waals surface area (Å²) in [5.74, 6) is 0. The van der Waals surface area contributed by atoms with Gasteiger partial charge in [-0.25, -0.2) is 4.79 Å². The van der Waals surface area contributed by atoms with Crippen molar-refractivity contribution in [3.8, 4) is 0 Å². The molecule has 0 aliphatic rings. The largest absolute Gasteiger partial charge is 1.00 e. The van der Waals surface area contributed by atoms with E-state index < -0.39 is 6.16 Å². The van der Waals surface area contributed by atoms with E-state index in [1.165, 1.54) is 0 Å². The predicted octanol–water partition coefficient (Wildman–Crippen LogP) is -5.13. The third-order valence-electron chi connectivity index (χ3n) is 0. The zero-order valence-electron chi connectivity index (χ0n) is 3.18. The van der Waals surface area contributed by atoms with Gasteiger partial charge in [0.25, 0.3) is 0 Å². The summed E-state index contributed by atoms with van der Waals surface area (Å²) >= 11 is 0. The molecule has 5 heteroatoms. The van der Waals surface area contributed by atoms with Crippen LogP contribution in [0.5, 0.6) is 0 Å². The van der Waals surface area contributed by atoms with Gasteiger partial charge >= 0.3 is 57.5 Å². The average Bonchev–Trinajstić information content (AvgIpc) is 0.811. The number of rotatable bonds is 0. The molecular formula is C2H6IKO3. The number of hydrogen-bond acceptors (Lipinski definition) is 1. The van der Waals surface area contributed by atoms with Gasteiger partial charge in [-0.05, 0) is 0 Å². The van der Waals surface area contributed by atoms with Gasteiger partial charge in [0.2, 0.25) is 0 Å². The second kappa shape index (κ2) is 15.6. The summed E-state index contributed by atoms with van der Waals surface area (Å²) in [6.07, 6.45) is -1.83. The summed E-state index contributed by atoms with van der Waals surface area (Å²) in [5, 5.41) is 13.9. The van der Waals surface area contributed by atoms with E-state index in [2.05, 4.69) is 0 Å². The monoisotopic (exact) mass is 244 g/mol. The quantitative estimate of drug-likeness (QED) is 0.331. The summed E-state index contributed by atoms with van der Waals surface area (Å²) in [6.45, 7) is 0. The minimum absolute atomic E-state index is 0. The Morgan fingerprint density at radius 1 is 1.29 bits per heavy atom. The van der Waals surface area contributed by atoms with E-state index in [9.17, 15) is 0 Å². The van der Waals surface area contributed by atoms with Crippen LogP contribution in [0.25, 0.3) is 0 Å². The van der Waals surface area contributed by atoms with E-state index >= 15 is 0 Å². The van der Waals surface area contributed by atoms with Crippen molar-refractivity contribution in [2.75, 3.05) is 0 Å². The molecule has 0 fully saturated rings. The molecule has 0 aliphatic heterocycles. The van der Waals surface area contributed by atoms with Gasteiger partial charge < -0.3 is 34.2 Å². The predicted molar refractivity (Wildman–Crippen MR) is 17.4 cm³/mol. The minimum atomic E-state index is -1.83. The first-order chi connectivity index (χ1) is 1.73. The molecule has 2 N–H and O–H groups in total. The number of carboxylic acid groups (broad SMARTS) is 2. The normalized spacial score (nSPS) is 3.43.